The molecule has 16 nitrogen and oxygen atoms in total. The SMILES string of the molecule is CNCCNCc1cnn(C[C@@H]2[C@H](CC(=O)/C(=C\OC3(C(=O)O)CC3)c3csc(N)n3)C(=O)N2S(=O)(=O)O)n1. The second kappa shape index (κ2) is 11.3. The Bertz CT molecular complexity index is 1380. The number of ether oxygens (including phenoxy) is 1. The van der Waals surface area contributed by atoms with E-state index >= 15 is 0 Å². The van der Waals surface area contributed by atoms with Crippen LogP contribution in [0.1, 0.15) is 30.7 Å². The Morgan fingerprint density at radius 2 is 2.10 bits per heavy atom. The third-order valence-corrected chi connectivity index (χ3v) is 7.96. The van der Waals surface area contributed by atoms with Crippen molar-refractivity contribution in [3.63, 3.8) is 0 Å². The molecule has 0 aromatic carbocycles. The summed E-state index contributed by atoms with van der Waals surface area (Å²) in [4.78, 5) is 42.8. The standard InChI is InChI=1S/C21H28N8O8S2/c1-23-4-5-24-7-12-8-25-28(27-12)9-16-13(18(31)29(16)39(34,35)36)6-17(30)14(15-11-38-20(22)26-15)10-37-21(2-3-21)19(32)33/h8,10-11,13,16,23-24H,2-7,9H2,1H3,(H2,22,26)(H,32,33)(H,34,35,36)/b14-10-/t13-,16+/m0/s1. The highest BCUT2D eigenvalue weighted by atomic mass is 32.2. The van der Waals surface area contributed by atoms with Crippen LogP contribution >= 0.6 is 11.3 Å². The second-order valence-electron chi connectivity index (χ2n) is 9.10. The topological polar surface area (TPSA) is 232 Å². The molecule has 2 aliphatic rings. The molecule has 2 fully saturated rings. The number of nitrogen functional groups attached to an aromatic ring is 1. The molecule has 0 radical (unpaired) electrons. The summed E-state index contributed by atoms with van der Waals surface area (Å²) in [6.45, 7) is 1.61. The molecule has 1 aliphatic heterocycles. The number of rotatable bonds is 15. The van der Waals surface area contributed by atoms with Crippen LogP contribution in [0.15, 0.2) is 17.8 Å². The Morgan fingerprint density at radius 3 is 2.69 bits per heavy atom. The molecule has 0 spiro atoms. The van der Waals surface area contributed by atoms with Crippen molar-refractivity contribution in [2.45, 2.75) is 44.0 Å². The summed E-state index contributed by atoms with van der Waals surface area (Å²) in [6.07, 6.45) is 2.53. The number of likely N-dealkylation sites (N-methyl/N-ethyl adjacent to an activating group) is 1. The van der Waals surface area contributed by atoms with Gasteiger partial charge >= 0.3 is 16.3 Å². The van der Waals surface area contributed by atoms with Crippen molar-refractivity contribution in [1.82, 2.24) is 34.9 Å². The summed E-state index contributed by atoms with van der Waals surface area (Å²) in [5.41, 5.74) is 4.84. The number of nitrogens with two attached hydrogens (primary N) is 1. The smallest absolute Gasteiger partial charge is 0.362 e. The normalized spacial score (nSPS) is 20.5. The number of carbonyl (C=O) groups is 3. The largest absolute Gasteiger partial charge is 0.482 e. The van der Waals surface area contributed by atoms with Crippen LogP contribution in [0.2, 0.25) is 0 Å². The van der Waals surface area contributed by atoms with E-state index in [4.69, 9.17) is 10.5 Å². The van der Waals surface area contributed by atoms with E-state index in [9.17, 15) is 32.5 Å². The first-order valence-electron chi connectivity index (χ1n) is 11.9. The van der Waals surface area contributed by atoms with Crippen LogP contribution in [0.3, 0.4) is 0 Å². The highest BCUT2D eigenvalue weighted by Crippen LogP contribution is 2.41. The minimum atomic E-state index is -4.91. The van der Waals surface area contributed by atoms with E-state index in [1.165, 1.54) is 16.4 Å². The fourth-order valence-corrected chi connectivity index (χ4v) is 5.52. The Balaban J connectivity index is 1.51. The minimum Gasteiger partial charge on any atom is -0.482 e. The highest BCUT2D eigenvalue weighted by Gasteiger charge is 2.55. The molecule has 1 amide bonds. The number of amides is 1. The fraction of sp³-hybridized carbons (Fsp3) is 0.524. The molecule has 1 saturated carbocycles. The van der Waals surface area contributed by atoms with E-state index in [0.29, 0.717) is 23.1 Å². The lowest BCUT2D eigenvalue weighted by atomic mass is 9.84. The summed E-state index contributed by atoms with van der Waals surface area (Å²) >= 11 is 1.05. The number of thiazole rings is 1. The lowest BCUT2D eigenvalue weighted by Crippen LogP contribution is -2.64. The monoisotopic (exact) mass is 584 g/mol. The number of ketones is 1. The van der Waals surface area contributed by atoms with E-state index in [2.05, 4.69) is 25.8 Å². The molecule has 39 heavy (non-hydrogen) atoms. The van der Waals surface area contributed by atoms with Crippen molar-refractivity contribution in [3.05, 3.63) is 29.2 Å². The van der Waals surface area contributed by atoms with E-state index < -0.39 is 51.9 Å². The number of anilines is 1. The number of carbonyl (C=O) groups excluding carboxylic acids is 2. The molecule has 2 aromatic rings. The Morgan fingerprint density at radius 1 is 1.36 bits per heavy atom. The number of β-lactam (4-membered cyclic amide) rings is 1. The molecule has 1 saturated heterocycles. The first-order valence-corrected chi connectivity index (χ1v) is 14.1. The van der Waals surface area contributed by atoms with Gasteiger partial charge in [-0.25, -0.2) is 14.1 Å². The fourth-order valence-electron chi connectivity index (χ4n) is 4.04. The molecule has 6 N–H and O–H groups in total. The van der Waals surface area contributed by atoms with Crippen LogP contribution in [-0.2, 0) is 42.5 Å². The van der Waals surface area contributed by atoms with Gasteiger partial charge in [0.15, 0.2) is 10.9 Å². The first kappa shape index (κ1) is 28.6. The Hall–Kier alpha value is -3.45. The lowest BCUT2D eigenvalue weighted by molar-refractivity contribution is -0.150. The lowest BCUT2D eigenvalue weighted by Gasteiger charge is -2.43. The van der Waals surface area contributed by atoms with E-state index in [0.717, 1.165) is 24.1 Å². The van der Waals surface area contributed by atoms with Gasteiger partial charge in [0.25, 0.3) is 0 Å². The molecule has 2 atom stereocenters. The predicted molar refractivity (Wildman–Crippen MR) is 136 cm³/mol. The van der Waals surface area contributed by atoms with Crippen molar-refractivity contribution < 1.29 is 37.2 Å². The molecule has 0 unspecified atom stereocenters. The average Bonchev–Trinajstić information content (AvgIpc) is 3.33. The van der Waals surface area contributed by atoms with Gasteiger partial charge in [-0.15, -0.1) is 11.3 Å². The maximum atomic E-state index is 13.3. The van der Waals surface area contributed by atoms with E-state index in [1.54, 1.807) is 0 Å². The molecular weight excluding hydrogens is 556 g/mol. The molecule has 1 aliphatic carbocycles. The summed E-state index contributed by atoms with van der Waals surface area (Å²) in [7, 11) is -3.10. The number of Topliss-reactive ketones (excluding diaryl/α,β-unsaturated/α-hetero) is 1. The van der Waals surface area contributed by atoms with Gasteiger partial charge in [0.05, 0.1) is 47.9 Å². The quantitative estimate of drug-likeness (QED) is 0.0549. The van der Waals surface area contributed by atoms with Gasteiger partial charge in [-0.3, -0.25) is 14.1 Å². The van der Waals surface area contributed by atoms with Gasteiger partial charge < -0.3 is 26.2 Å². The maximum absolute atomic E-state index is 13.3. The summed E-state index contributed by atoms with van der Waals surface area (Å²) in [6, 6.07) is -1.15. The minimum absolute atomic E-state index is 0.112. The number of hydrogen-bond donors (Lipinski definition) is 5. The van der Waals surface area contributed by atoms with Crippen LogP contribution in [0.25, 0.3) is 5.57 Å². The number of aliphatic carboxylic acids is 1. The van der Waals surface area contributed by atoms with E-state index in [-0.39, 0.29) is 35.8 Å². The van der Waals surface area contributed by atoms with Crippen LogP contribution < -0.4 is 16.4 Å². The first-order chi connectivity index (χ1) is 18.4. The second-order valence-corrected chi connectivity index (χ2v) is 11.3. The van der Waals surface area contributed by atoms with Gasteiger partial charge in [-0.1, -0.05) is 0 Å². The Labute approximate surface area is 227 Å². The molecule has 4 rings (SSSR count). The average molecular weight is 585 g/mol. The number of nitrogens with zero attached hydrogens (tertiary/aromatic N) is 5. The van der Waals surface area contributed by atoms with Crippen molar-refractivity contribution >= 4 is 50.0 Å². The molecule has 2 aromatic heterocycles. The number of hydrogen-bond acceptors (Lipinski definition) is 13. The molecule has 212 valence electrons. The molecule has 18 heteroatoms. The molecule has 0 bridgehead atoms. The number of aromatic nitrogens is 4. The molecule has 3 heterocycles. The maximum Gasteiger partial charge on any atom is 0.362 e. The zero-order valence-corrected chi connectivity index (χ0v) is 22.4. The van der Waals surface area contributed by atoms with Gasteiger partial charge in [-0.2, -0.15) is 23.4 Å². The van der Waals surface area contributed by atoms with Crippen LogP contribution in [-0.4, -0.2) is 91.8 Å². The molecular formula is C21H28N8O8S2. The van der Waals surface area contributed by atoms with Crippen LogP contribution in [0, 0.1) is 5.92 Å². The van der Waals surface area contributed by atoms with E-state index in [1.807, 2.05) is 7.05 Å². The zero-order chi connectivity index (χ0) is 28.4. The predicted octanol–water partition coefficient (Wildman–Crippen LogP) is -1.11. The number of carboxylic acid groups (broad SMARTS) is 1. The van der Waals surface area contributed by atoms with Gasteiger partial charge in [0.2, 0.25) is 11.5 Å². The third-order valence-electron chi connectivity index (χ3n) is 6.34. The zero-order valence-electron chi connectivity index (χ0n) is 20.8. The highest BCUT2D eigenvalue weighted by molar-refractivity contribution is 7.84. The summed E-state index contributed by atoms with van der Waals surface area (Å²) in [5.74, 6) is -3.94. The summed E-state index contributed by atoms with van der Waals surface area (Å²) in [5, 5.41) is 25.5. The van der Waals surface area contributed by atoms with Gasteiger partial charge in [-0.05, 0) is 7.05 Å². The van der Waals surface area contributed by atoms with Crippen molar-refractivity contribution in [1.29, 1.82) is 0 Å². The number of carboxylic acids is 1. The van der Waals surface area contributed by atoms with Gasteiger partial charge in [0, 0.05) is 44.3 Å². The Kier molecular flexibility index (Phi) is 8.31. The third kappa shape index (κ3) is 6.41. The number of allylic oxidation sites excluding steroid dienone is 1. The summed E-state index contributed by atoms with van der Waals surface area (Å²) < 4.78 is 39.2. The van der Waals surface area contributed by atoms with Crippen molar-refractivity contribution in [2.24, 2.45) is 5.92 Å². The van der Waals surface area contributed by atoms with Crippen molar-refractivity contribution in [3.8, 4) is 0 Å². The van der Waals surface area contributed by atoms with Crippen LogP contribution in [0.5, 0.6) is 0 Å². The van der Waals surface area contributed by atoms with Crippen molar-refractivity contribution in [2.75, 3.05) is 25.9 Å². The van der Waals surface area contributed by atoms with Gasteiger partial charge in [0.1, 0.15) is 0 Å². The number of nitrogens with one attached hydrogen (secondary N) is 2. The van der Waals surface area contributed by atoms with Crippen LogP contribution in [0.4, 0.5) is 5.13 Å².